The maximum Gasteiger partial charge on any atom is 0.349 e. The summed E-state index contributed by atoms with van der Waals surface area (Å²) in [5.41, 5.74) is -0.0318. The van der Waals surface area contributed by atoms with Crippen molar-refractivity contribution in [2.24, 2.45) is 0 Å². The van der Waals surface area contributed by atoms with Crippen LogP contribution >= 0.6 is 11.3 Å². The van der Waals surface area contributed by atoms with E-state index >= 15 is 0 Å². The third-order valence-electron chi connectivity index (χ3n) is 2.38. The van der Waals surface area contributed by atoms with Crippen molar-refractivity contribution in [3.63, 3.8) is 0 Å². The van der Waals surface area contributed by atoms with Crippen molar-refractivity contribution in [2.45, 2.75) is 13.0 Å². The van der Waals surface area contributed by atoms with Gasteiger partial charge in [0.2, 0.25) is 0 Å². The van der Waals surface area contributed by atoms with E-state index in [2.05, 4.69) is 0 Å². The van der Waals surface area contributed by atoms with Gasteiger partial charge in [-0.25, -0.2) is 4.79 Å². The molecule has 0 fully saturated rings. The molecule has 0 aliphatic rings. The number of fused-ring (bicyclic) bond motifs is 1. The second-order valence-electron chi connectivity index (χ2n) is 3.77. The first kappa shape index (κ1) is 13.0. The van der Waals surface area contributed by atoms with Gasteiger partial charge in [-0.15, -0.1) is 11.3 Å². The number of hydrogen-bond acceptors (Lipinski definition) is 6. The lowest BCUT2D eigenvalue weighted by Gasteiger charge is -2.02. The second kappa shape index (κ2) is 5.04. The van der Waals surface area contributed by atoms with Gasteiger partial charge >= 0.3 is 5.97 Å². The summed E-state index contributed by atoms with van der Waals surface area (Å²) >= 11 is 1.17. The average molecular weight is 276 g/mol. The number of esters is 1. The lowest BCUT2D eigenvalue weighted by atomic mass is 10.2. The first-order valence-electron chi connectivity index (χ1n) is 5.30. The summed E-state index contributed by atoms with van der Waals surface area (Å²) < 4.78 is 5.62. The molecule has 1 heterocycles. The van der Waals surface area contributed by atoms with Crippen LogP contribution < -0.4 is 0 Å². The molecule has 0 bridgehead atoms. The maximum atomic E-state index is 11.7. The van der Waals surface area contributed by atoms with Crippen LogP contribution in [0.3, 0.4) is 0 Å². The van der Waals surface area contributed by atoms with Crippen molar-refractivity contribution >= 4 is 33.1 Å². The molecule has 0 aliphatic carbocycles. The second-order valence-corrected chi connectivity index (χ2v) is 4.85. The minimum absolute atomic E-state index is 0.0318. The summed E-state index contributed by atoms with van der Waals surface area (Å²) in [7, 11) is 0. The van der Waals surface area contributed by atoms with Crippen molar-refractivity contribution in [3.8, 4) is 6.07 Å². The summed E-state index contributed by atoms with van der Waals surface area (Å²) in [4.78, 5) is 22.2. The number of carbonyl (C=O) groups is 1. The Bertz CT molecular complexity index is 701. The zero-order valence-electron chi connectivity index (χ0n) is 9.82. The Morgan fingerprint density at radius 2 is 2.26 bits per heavy atom. The van der Waals surface area contributed by atoms with E-state index < -0.39 is 17.0 Å². The number of non-ortho nitro benzene ring substituents is 1. The standard InChI is InChI=1S/C12H8N2O4S/c1-7(6-13)18-12(15)11-5-8-4-9(14(16)17)2-3-10(8)19-11/h2-5,7H,1H3. The van der Waals surface area contributed by atoms with E-state index in [9.17, 15) is 14.9 Å². The van der Waals surface area contributed by atoms with Crippen molar-refractivity contribution in [1.82, 2.24) is 0 Å². The molecule has 0 aliphatic heterocycles. The Balaban J connectivity index is 2.34. The van der Waals surface area contributed by atoms with Crippen molar-refractivity contribution in [2.75, 3.05) is 0 Å². The number of nitriles is 1. The SMILES string of the molecule is CC(C#N)OC(=O)c1cc2cc([N+](=O)[O-])ccc2s1. The zero-order chi connectivity index (χ0) is 14.0. The number of benzene rings is 1. The third kappa shape index (κ3) is 2.69. The fourth-order valence-corrected chi connectivity index (χ4v) is 2.42. The van der Waals surface area contributed by atoms with E-state index in [1.165, 1.54) is 36.5 Å². The number of ether oxygens (including phenoxy) is 1. The first-order chi connectivity index (χ1) is 9.01. The fourth-order valence-electron chi connectivity index (χ4n) is 1.49. The van der Waals surface area contributed by atoms with Gasteiger partial charge in [0.25, 0.3) is 5.69 Å². The molecule has 1 aromatic carbocycles. The highest BCUT2D eigenvalue weighted by Crippen LogP contribution is 2.29. The van der Waals surface area contributed by atoms with Crippen LogP contribution in [0, 0.1) is 21.4 Å². The van der Waals surface area contributed by atoms with Crippen molar-refractivity contribution < 1.29 is 14.5 Å². The minimum atomic E-state index is -0.827. The van der Waals surface area contributed by atoms with E-state index in [0.717, 1.165) is 4.70 Å². The normalized spacial score (nSPS) is 11.8. The molecule has 1 unspecified atom stereocenters. The van der Waals surface area contributed by atoms with Gasteiger partial charge in [0.1, 0.15) is 10.9 Å². The van der Waals surface area contributed by atoms with Crippen LogP contribution in [0.15, 0.2) is 24.3 Å². The molecule has 96 valence electrons. The molecule has 2 aromatic rings. The molecule has 7 heteroatoms. The molecular formula is C12H8N2O4S. The lowest BCUT2D eigenvalue weighted by Crippen LogP contribution is -2.11. The van der Waals surface area contributed by atoms with Gasteiger partial charge in [-0.2, -0.15) is 5.26 Å². The van der Waals surface area contributed by atoms with Crippen LogP contribution in [-0.4, -0.2) is 17.0 Å². The predicted octanol–water partition coefficient (Wildman–Crippen LogP) is 2.88. The van der Waals surface area contributed by atoms with E-state index in [4.69, 9.17) is 10.00 Å². The number of rotatable bonds is 3. The smallest absolute Gasteiger partial charge is 0.349 e. The number of hydrogen-bond donors (Lipinski definition) is 0. The van der Waals surface area contributed by atoms with Gasteiger partial charge in [-0.1, -0.05) is 0 Å². The van der Waals surface area contributed by atoms with E-state index in [-0.39, 0.29) is 5.69 Å². The molecule has 6 nitrogen and oxygen atoms in total. The number of thiophene rings is 1. The summed E-state index contributed by atoms with van der Waals surface area (Å²) in [6, 6.07) is 7.69. The fraction of sp³-hybridized carbons (Fsp3) is 0.167. The molecule has 0 spiro atoms. The molecule has 0 saturated heterocycles. The first-order valence-corrected chi connectivity index (χ1v) is 6.11. The number of nitro benzene ring substituents is 1. The van der Waals surface area contributed by atoms with Gasteiger partial charge in [-0.05, 0) is 19.1 Å². The van der Waals surface area contributed by atoms with E-state index in [0.29, 0.717) is 10.3 Å². The summed E-state index contributed by atoms with van der Waals surface area (Å²) in [6.45, 7) is 1.47. The Kier molecular flexibility index (Phi) is 3.44. The Labute approximate surface area is 112 Å². The van der Waals surface area contributed by atoms with Gasteiger partial charge in [0.15, 0.2) is 6.10 Å². The Morgan fingerprint density at radius 1 is 1.53 bits per heavy atom. The topological polar surface area (TPSA) is 93.2 Å². The molecule has 0 amide bonds. The summed E-state index contributed by atoms with van der Waals surface area (Å²) in [6.07, 6.45) is -0.827. The quantitative estimate of drug-likeness (QED) is 0.488. The summed E-state index contributed by atoms with van der Waals surface area (Å²) in [5.74, 6) is -0.599. The van der Waals surface area contributed by atoms with Gasteiger partial charge in [0, 0.05) is 22.2 Å². The molecule has 0 N–H and O–H groups in total. The van der Waals surface area contributed by atoms with Crippen LogP contribution in [0.4, 0.5) is 5.69 Å². The van der Waals surface area contributed by atoms with E-state index in [1.807, 2.05) is 0 Å². The predicted molar refractivity (Wildman–Crippen MR) is 69.0 cm³/mol. The monoisotopic (exact) mass is 276 g/mol. The molecule has 2 rings (SSSR count). The Morgan fingerprint density at radius 3 is 2.89 bits per heavy atom. The number of nitrogens with zero attached hydrogens (tertiary/aromatic N) is 2. The van der Waals surface area contributed by atoms with Crippen LogP contribution in [-0.2, 0) is 4.74 Å². The molecule has 0 radical (unpaired) electrons. The number of carbonyl (C=O) groups excluding carboxylic acids is 1. The Hall–Kier alpha value is -2.46. The lowest BCUT2D eigenvalue weighted by molar-refractivity contribution is -0.384. The maximum absolute atomic E-state index is 11.7. The highest BCUT2D eigenvalue weighted by atomic mass is 32.1. The van der Waals surface area contributed by atoms with Crippen molar-refractivity contribution in [3.05, 3.63) is 39.3 Å². The van der Waals surface area contributed by atoms with Crippen molar-refractivity contribution in [1.29, 1.82) is 5.26 Å². The molecule has 0 saturated carbocycles. The minimum Gasteiger partial charge on any atom is -0.443 e. The highest BCUT2D eigenvalue weighted by Gasteiger charge is 2.16. The highest BCUT2D eigenvalue weighted by molar-refractivity contribution is 7.20. The number of nitro groups is 1. The zero-order valence-corrected chi connectivity index (χ0v) is 10.6. The third-order valence-corrected chi connectivity index (χ3v) is 3.47. The largest absolute Gasteiger partial charge is 0.443 e. The molecular weight excluding hydrogens is 268 g/mol. The van der Waals surface area contributed by atoms with Gasteiger partial charge in [0.05, 0.1) is 4.92 Å². The van der Waals surface area contributed by atoms with Crippen LogP contribution in [0.1, 0.15) is 16.6 Å². The average Bonchev–Trinajstić information content (AvgIpc) is 2.81. The van der Waals surface area contributed by atoms with E-state index in [1.54, 1.807) is 12.1 Å². The van der Waals surface area contributed by atoms with Gasteiger partial charge in [-0.3, -0.25) is 10.1 Å². The van der Waals surface area contributed by atoms with Crippen LogP contribution in [0.2, 0.25) is 0 Å². The van der Waals surface area contributed by atoms with Crippen LogP contribution in [0.5, 0.6) is 0 Å². The van der Waals surface area contributed by atoms with Gasteiger partial charge < -0.3 is 4.74 Å². The van der Waals surface area contributed by atoms with Crippen LogP contribution in [0.25, 0.3) is 10.1 Å². The molecule has 1 aromatic heterocycles. The molecule has 1 atom stereocenters. The molecule has 19 heavy (non-hydrogen) atoms. The summed E-state index contributed by atoms with van der Waals surface area (Å²) in [5, 5.41) is 19.8.